The molecule has 0 radical (unpaired) electrons. The van der Waals surface area contributed by atoms with Crippen LogP contribution in [0.5, 0.6) is 0 Å². The Morgan fingerprint density at radius 1 is 1.32 bits per heavy atom. The van der Waals surface area contributed by atoms with E-state index in [9.17, 15) is 9.90 Å². The van der Waals surface area contributed by atoms with E-state index < -0.39 is 11.9 Å². The number of benzene rings is 1. The molecule has 2 aromatic heterocycles. The molecule has 8 heteroatoms. The van der Waals surface area contributed by atoms with Crippen LogP contribution in [0, 0.1) is 18.7 Å². The van der Waals surface area contributed by atoms with Gasteiger partial charge in [-0.15, -0.1) is 0 Å². The molecule has 1 atom stereocenters. The lowest BCUT2D eigenvalue weighted by molar-refractivity contribution is 0.199. The van der Waals surface area contributed by atoms with Crippen molar-refractivity contribution in [1.29, 1.82) is 0 Å². The Kier molecular flexibility index (Phi) is 4.34. The highest BCUT2D eigenvalue weighted by Crippen LogP contribution is 2.40. The number of rotatable bonds is 1. The zero-order valence-electron chi connectivity index (χ0n) is 15.3. The van der Waals surface area contributed by atoms with Gasteiger partial charge in [-0.3, -0.25) is 9.88 Å². The summed E-state index contributed by atoms with van der Waals surface area (Å²) in [5.74, 6) is -0.146. The van der Waals surface area contributed by atoms with Gasteiger partial charge in [-0.05, 0) is 42.3 Å². The number of pyridine rings is 2. The smallest absolute Gasteiger partial charge is 0.411 e. The number of amides is 1. The molecule has 1 aliphatic heterocycles. The van der Waals surface area contributed by atoms with Gasteiger partial charge in [-0.1, -0.05) is 18.5 Å². The maximum Gasteiger partial charge on any atom is 0.411 e. The summed E-state index contributed by atoms with van der Waals surface area (Å²) in [6.07, 6.45) is 2.64. The summed E-state index contributed by atoms with van der Waals surface area (Å²) >= 11 is 6.25. The first-order valence-corrected chi connectivity index (χ1v) is 9.18. The molecule has 1 unspecified atom stereocenters. The molecule has 0 fully saturated rings. The van der Waals surface area contributed by atoms with Gasteiger partial charge in [0.1, 0.15) is 11.6 Å². The summed E-state index contributed by atoms with van der Waals surface area (Å²) < 4.78 is 15.1. The Balaban J connectivity index is 1.97. The molecule has 144 valence electrons. The number of nitrogens with zero attached hydrogens (tertiary/aromatic N) is 3. The van der Waals surface area contributed by atoms with Crippen LogP contribution in [0.25, 0.3) is 21.9 Å². The van der Waals surface area contributed by atoms with Gasteiger partial charge in [-0.25, -0.2) is 14.2 Å². The van der Waals surface area contributed by atoms with E-state index in [4.69, 9.17) is 17.3 Å². The van der Waals surface area contributed by atoms with Crippen molar-refractivity contribution in [3.8, 4) is 11.1 Å². The minimum atomic E-state index is -1.05. The predicted octanol–water partition coefficient (Wildman–Crippen LogP) is 4.66. The van der Waals surface area contributed by atoms with E-state index in [2.05, 4.69) is 9.97 Å². The molecular weight excluding hydrogens is 383 g/mol. The third-order valence-electron chi connectivity index (χ3n) is 5.13. The number of anilines is 2. The summed E-state index contributed by atoms with van der Waals surface area (Å²) in [5.41, 5.74) is 8.37. The monoisotopic (exact) mass is 400 g/mol. The molecule has 0 bridgehead atoms. The third kappa shape index (κ3) is 2.82. The molecule has 3 aromatic rings. The van der Waals surface area contributed by atoms with Gasteiger partial charge in [0.05, 0.1) is 16.4 Å². The Hall–Kier alpha value is -2.93. The van der Waals surface area contributed by atoms with Crippen molar-refractivity contribution in [3.63, 3.8) is 0 Å². The van der Waals surface area contributed by atoms with E-state index in [-0.39, 0.29) is 16.5 Å². The minimum absolute atomic E-state index is 0.0548. The van der Waals surface area contributed by atoms with Crippen molar-refractivity contribution in [2.75, 3.05) is 17.2 Å². The van der Waals surface area contributed by atoms with Gasteiger partial charge in [0.15, 0.2) is 0 Å². The van der Waals surface area contributed by atoms with Crippen molar-refractivity contribution >= 4 is 40.0 Å². The van der Waals surface area contributed by atoms with Crippen LogP contribution in [-0.4, -0.2) is 27.7 Å². The SMILES string of the molecule is Cc1c(-c2cc3cc(N)ncc3c(Cl)c2F)cnc2c1N(C(=O)O)CC(C)C2. The van der Waals surface area contributed by atoms with E-state index in [1.165, 1.54) is 11.1 Å². The van der Waals surface area contributed by atoms with Crippen LogP contribution in [0.3, 0.4) is 0 Å². The van der Waals surface area contributed by atoms with Crippen LogP contribution in [-0.2, 0) is 6.42 Å². The molecule has 3 N–H and O–H groups in total. The maximum atomic E-state index is 15.1. The Bertz CT molecular complexity index is 1140. The summed E-state index contributed by atoms with van der Waals surface area (Å²) in [6.45, 7) is 4.13. The largest absolute Gasteiger partial charge is 0.465 e. The second kappa shape index (κ2) is 6.60. The second-order valence-corrected chi connectivity index (χ2v) is 7.56. The van der Waals surface area contributed by atoms with Crippen LogP contribution >= 0.6 is 11.6 Å². The van der Waals surface area contributed by atoms with Gasteiger partial charge in [0, 0.05) is 35.5 Å². The molecule has 6 nitrogen and oxygen atoms in total. The van der Waals surface area contributed by atoms with Crippen LogP contribution in [0.1, 0.15) is 18.2 Å². The Morgan fingerprint density at radius 2 is 2.07 bits per heavy atom. The molecular formula is C20H18ClFN4O2. The first kappa shape index (κ1) is 18.4. The lowest BCUT2D eigenvalue weighted by atomic mass is 9.92. The van der Waals surface area contributed by atoms with E-state index in [0.717, 1.165) is 0 Å². The molecule has 0 saturated heterocycles. The van der Waals surface area contributed by atoms with E-state index in [1.54, 1.807) is 25.3 Å². The number of nitrogens with two attached hydrogens (primary N) is 1. The molecule has 0 saturated carbocycles. The quantitative estimate of drug-likeness (QED) is 0.619. The number of carbonyl (C=O) groups is 1. The predicted molar refractivity (Wildman–Crippen MR) is 107 cm³/mol. The first-order chi connectivity index (χ1) is 13.3. The van der Waals surface area contributed by atoms with Crippen LogP contribution < -0.4 is 10.6 Å². The van der Waals surface area contributed by atoms with E-state index >= 15 is 4.39 Å². The molecule has 1 aliphatic rings. The van der Waals surface area contributed by atoms with Crippen LogP contribution in [0.2, 0.25) is 5.02 Å². The molecule has 0 spiro atoms. The fourth-order valence-electron chi connectivity index (χ4n) is 3.84. The van der Waals surface area contributed by atoms with Gasteiger partial charge in [0.2, 0.25) is 0 Å². The molecule has 3 heterocycles. The molecule has 0 aliphatic carbocycles. The van der Waals surface area contributed by atoms with Gasteiger partial charge < -0.3 is 10.8 Å². The molecule has 1 amide bonds. The lowest BCUT2D eigenvalue weighted by Crippen LogP contribution is -2.39. The molecule has 28 heavy (non-hydrogen) atoms. The highest BCUT2D eigenvalue weighted by molar-refractivity contribution is 6.36. The van der Waals surface area contributed by atoms with E-state index in [1.807, 2.05) is 6.92 Å². The normalized spacial score (nSPS) is 16.3. The third-order valence-corrected chi connectivity index (χ3v) is 5.50. The maximum absolute atomic E-state index is 15.1. The zero-order chi connectivity index (χ0) is 20.2. The number of fused-ring (bicyclic) bond motifs is 2. The topological polar surface area (TPSA) is 92.3 Å². The number of aromatic nitrogens is 2. The fourth-order valence-corrected chi connectivity index (χ4v) is 4.10. The van der Waals surface area contributed by atoms with Crippen LogP contribution in [0.4, 0.5) is 20.7 Å². The molecule has 1 aromatic carbocycles. The van der Waals surface area contributed by atoms with Gasteiger partial charge >= 0.3 is 6.09 Å². The van der Waals surface area contributed by atoms with Crippen molar-refractivity contribution in [1.82, 2.24) is 9.97 Å². The van der Waals surface area contributed by atoms with Crippen molar-refractivity contribution < 1.29 is 14.3 Å². The fraction of sp³-hybridized carbons (Fsp3) is 0.250. The summed E-state index contributed by atoms with van der Waals surface area (Å²) in [6, 6.07) is 3.26. The number of carboxylic acid groups (broad SMARTS) is 1. The highest BCUT2D eigenvalue weighted by Gasteiger charge is 2.30. The number of hydrogen-bond acceptors (Lipinski definition) is 4. The summed E-state index contributed by atoms with van der Waals surface area (Å²) in [5, 5.41) is 10.7. The highest BCUT2D eigenvalue weighted by atomic mass is 35.5. The van der Waals surface area contributed by atoms with Crippen molar-refractivity contribution in [3.05, 3.63) is 46.6 Å². The molecule has 4 rings (SSSR count). The van der Waals surface area contributed by atoms with Crippen molar-refractivity contribution in [2.24, 2.45) is 5.92 Å². The van der Waals surface area contributed by atoms with Crippen molar-refractivity contribution in [2.45, 2.75) is 20.3 Å². The number of nitrogen functional groups attached to an aromatic ring is 1. The zero-order valence-corrected chi connectivity index (χ0v) is 16.1. The van der Waals surface area contributed by atoms with Crippen LogP contribution in [0.15, 0.2) is 24.5 Å². The standard InChI is InChI=1S/C20H18ClFN4O2/c1-9-3-15-19(26(8-9)20(27)28)10(2)13(6-24-15)12-4-11-5-16(23)25-7-14(11)17(21)18(12)22/h4-7,9H,3,8H2,1-2H3,(H2,23,25)(H,27,28). The lowest BCUT2D eigenvalue weighted by Gasteiger charge is -2.32. The van der Waals surface area contributed by atoms with E-state index in [0.29, 0.717) is 52.1 Å². The average molecular weight is 401 g/mol. The van der Waals surface area contributed by atoms with Gasteiger partial charge in [-0.2, -0.15) is 0 Å². The average Bonchev–Trinajstić information content (AvgIpc) is 2.64. The number of hydrogen-bond donors (Lipinski definition) is 2. The minimum Gasteiger partial charge on any atom is -0.465 e. The summed E-state index contributed by atoms with van der Waals surface area (Å²) in [4.78, 5) is 21.5. The Labute approximate surface area is 165 Å². The number of halogens is 2. The van der Waals surface area contributed by atoms with Gasteiger partial charge in [0.25, 0.3) is 0 Å². The second-order valence-electron chi connectivity index (χ2n) is 7.18. The first-order valence-electron chi connectivity index (χ1n) is 8.80. The Morgan fingerprint density at radius 3 is 2.79 bits per heavy atom. The summed E-state index contributed by atoms with van der Waals surface area (Å²) in [7, 11) is 0.